The van der Waals surface area contributed by atoms with Crippen LogP contribution in [0.2, 0.25) is 0 Å². The van der Waals surface area contributed by atoms with Crippen LogP contribution in [0.1, 0.15) is 31.0 Å². The number of ether oxygens (including phenoxy) is 1. The maximum atomic E-state index is 13.0. The van der Waals surface area contributed by atoms with Gasteiger partial charge >= 0.3 is 5.97 Å². The lowest BCUT2D eigenvalue weighted by molar-refractivity contribution is -0.142. The molecule has 1 aromatic heterocycles. The summed E-state index contributed by atoms with van der Waals surface area (Å²) in [5.41, 5.74) is 3.30. The van der Waals surface area contributed by atoms with Gasteiger partial charge in [-0.2, -0.15) is 0 Å². The first-order valence-electron chi connectivity index (χ1n) is 8.24. The molecule has 1 N–H and O–H groups in total. The molecule has 1 atom stereocenters. The third-order valence-electron chi connectivity index (χ3n) is 4.43. The van der Waals surface area contributed by atoms with Crippen molar-refractivity contribution in [1.29, 1.82) is 0 Å². The lowest BCUT2D eigenvalue weighted by Gasteiger charge is -2.24. The Kier molecular flexibility index (Phi) is 4.44. The molecule has 6 heteroatoms. The quantitative estimate of drug-likeness (QED) is 0.870. The fourth-order valence-corrected chi connectivity index (χ4v) is 3.31. The first kappa shape index (κ1) is 17.0. The molecule has 1 aliphatic rings. The molecule has 130 valence electrons. The van der Waals surface area contributed by atoms with E-state index < -0.39 is 11.9 Å². The number of H-pyrrole nitrogens is 1. The maximum absolute atomic E-state index is 13.0. The molecule has 0 bridgehead atoms. The van der Waals surface area contributed by atoms with Crippen LogP contribution in [0.5, 0.6) is 0 Å². The van der Waals surface area contributed by atoms with Gasteiger partial charge in [0.05, 0.1) is 18.2 Å². The number of carbonyl (C=O) groups excluding carboxylic acids is 2. The van der Waals surface area contributed by atoms with E-state index in [9.17, 15) is 14.4 Å². The summed E-state index contributed by atoms with van der Waals surface area (Å²) in [7, 11) is 0. The monoisotopic (exact) mass is 340 g/mol. The zero-order valence-electron chi connectivity index (χ0n) is 14.5. The minimum atomic E-state index is -0.502. The highest BCUT2D eigenvalue weighted by atomic mass is 16.5. The molecule has 0 aliphatic carbocycles. The van der Waals surface area contributed by atoms with Crippen LogP contribution in [0, 0.1) is 6.92 Å². The largest absolute Gasteiger partial charge is 0.465 e. The number of benzene rings is 1. The number of nitrogens with one attached hydrogen (secondary N) is 1. The molecule has 0 spiro atoms. The fraction of sp³-hybridized carbons (Fsp3) is 0.316. The predicted octanol–water partition coefficient (Wildman–Crippen LogP) is 2.36. The summed E-state index contributed by atoms with van der Waals surface area (Å²) < 4.78 is 5.00. The molecule has 25 heavy (non-hydrogen) atoms. The summed E-state index contributed by atoms with van der Waals surface area (Å²) in [4.78, 5) is 41.2. The van der Waals surface area contributed by atoms with E-state index in [1.165, 1.54) is 11.0 Å². The fourth-order valence-electron chi connectivity index (χ4n) is 3.31. The summed E-state index contributed by atoms with van der Waals surface area (Å²) >= 11 is 0. The molecule has 3 rings (SSSR count). The number of aromatic nitrogens is 1. The van der Waals surface area contributed by atoms with Crippen molar-refractivity contribution in [3.05, 3.63) is 51.9 Å². The molecule has 1 aliphatic heterocycles. The molecule has 0 saturated heterocycles. The number of carbonyl (C=O) groups is 2. The lowest BCUT2D eigenvalue weighted by atomic mass is 9.92. The number of pyridine rings is 1. The van der Waals surface area contributed by atoms with E-state index in [0.29, 0.717) is 11.4 Å². The van der Waals surface area contributed by atoms with Gasteiger partial charge in [0.1, 0.15) is 6.54 Å². The van der Waals surface area contributed by atoms with Crippen LogP contribution in [-0.4, -0.2) is 30.0 Å². The Morgan fingerprint density at radius 2 is 2.00 bits per heavy atom. The summed E-state index contributed by atoms with van der Waals surface area (Å²) in [6, 6.07) is 8.97. The number of fused-ring (bicyclic) bond motifs is 3. The normalized spacial score (nSPS) is 16.0. The van der Waals surface area contributed by atoms with E-state index in [1.807, 2.05) is 31.2 Å². The number of esters is 1. The van der Waals surface area contributed by atoms with E-state index in [-0.39, 0.29) is 24.6 Å². The van der Waals surface area contributed by atoms with Crippen molar-refractivity contribution < 1.29 is 14.3 Å². The van der Waals surface area contributed by atoms with Crippen molar-refractivity contribution >= 4 is 17.6 Å². The summed E-state index contributed by atoms with van der Waals surface area (Å²) in [6.07, 6.45) is 0. The van der Waals surface area contributed by atoms with Gasteiger partial charge in [-0.05, 0) is 31.9 Å². The van der Waals surface area contributed by atoms with Crippen molar-refractivity contribution in [2.24, 2.45) is 0 Å². The molecule has 0 radical (unpaired) electrons. The number of anilines is 1. The van der Waals surface area contributed by atoms with Gasteiger partial charge in [0, 0.05) is 17.3 Å². The van der Waals surface area contributed by atoms with E-state index in [1.54, 1.807) is 13.8 Å². The van der Waals surface area contributed by atoms with Crippen LogP contribution in [0.15, 0.2) is 35.1 Å². The minimum absolute atomic E-state index is 0.221. The zero-order chi connectivity index (χ0) is 18.1. The topological polar surface area (TPSA) is 79.5 Å². The lowest BCUT2D eigenvalue weighted by Crippen LogP contribution is -2.39. The highest BCUT2D eigenvalue weighted by Gasteiger charge is 2.33. The zero-order valence-corrected chi connectivity index (χ0v) is 14.5. The van der Waals surface area contributed by atoms with Crippen LogP contribution in [0.3, 0.4) is 0 Å². The summed E-state index contributed by atoms with van der Waals surface area (Å²) in [6.45, 7) is 5.32. The molecule has 0 fully saturated rings. The van der Waals surface area contributed by atoms with Gasteiger partial charge in [-0.1, -0.05) is 24.3 Å². The Balaban J connectivity index is 2.26. The summed E-state index contributed by atoms with van der Waals surface area (Å²) in [5.74, 6) is -1.17. The van der Waals surface area contributed by atoms with Gasteiger partial charge in [0.25, 0.3) is 0 Å². The number of aryl methyl sites for hydroxylation is 1. The second-order valence-corrected chi connectivity index (χ2v) is 6.06. The van der Waals surface area contributed by atoms with Gasteiger partial charge in [0.2, 0.25) is 11.5 Å². The third-order valence-corrected chi connectivity index (χ3v) is 4.43. The predicted molar refractivity (Wildman–Crippen MR) is 94.6 cm³/mol. The van der Waals surface area contributed by atoms with Crippen LogP contribution in [0.25, 0.3) is 11.1 Å². The first-order chi connectivity index (χ1) is 11.9. The Bertz CT molecular complexity index is 901. The van der Waals surface area contributed by atoms with Crippen molar-refractivity contribution in [2.45, 2.75) is 26.7 Å². The summed E-state index contributed by atoms with van der Waals surface area (Å²) in [5, 5.41) is 0. The standard InChI is InChI=1S/C19H20N2O4/c1-4-25-17(23)10-21-15-9-16(22)20-12(3)18(15)14-8-6-5-7-13(14)11(2)19(21)24/h5-9,11H,4,10H2,1-3H3,(H,20,22). The van der Waals surface area contributed by atoms with Crippen molar-refractivity contribution in [1.82, 2.24) is 4.98 Å². The molecule has 2 heterocycles. The number of nitrogens with zero attached hydrogens (tertiary/aromatic N) is 1. The molecular formula is C19H20N2O4. The third kappa shape index (κ3) is 2.95. The smallest absolute Gasteiger partial charge is 0.326 e. The Morgan fingerprint density at radius 3 is 2.72 bits per heavy atom. The van der Waals surface area contributed by atoms with Crippen molar-refractivity contribution in [3.8, 4) is 11.1 Å². The average Bonchev–Trinajstić information content (AvgIpc) is 2.65. The average molecular weight is 340 g/mol. The van der Waals surface area contributed by atoms with Crippen LogP contribution in [-0.2, 0) is 14.3 Å². The Morgan fingerprint density at radius 1 is 1.28 bits per heavy atom. The van der Waals surface area contributed by atoms with Crippen LogP contribution < -0.4 is 10.5 Å². The Hall–Kier alpha value is -2.89. The van der Waals surface area contributed by atoms with Gasteiger partial charge in [-0.15, -0.1) is 0 Å². The molecule has 6 nitrogen and oxygen atoms in total. The molecule has 1 amide bonds. The molecule has 1 aromatic carbocycles. The highest BCUT2D eigenvalue weighted by Crippen LogP contribution is 2.41. The molecule has 1 unspecified atom stereocenters. The van der Waals surface area contributed by atoms with Crippen molar-refractivity contribution in [2.75, 3.05) is 18.1 Å². The second kappa shape index (κ2) is 6.55. The number of hydrogen-bond acceptors (Lipinski definition) is 4. The maximum Gasteiger partial charge on any atom is 0.326 e. The van der Waals surface area contributed by atoms with Crippen LogP contribution >= 0.6 is 0 Å². The van der Waals surface area contributed by atoms with E-state index in [0.717, 1.165) is 16.7 Å². The molecular weight excluding hydrogens is 320 g/mol. The van der Waals surface area contributed by atoms with Crippen molar-refractivity contribution in [3.63, 3.8) is 0 Å². The number of amides is 1. The van der Waals surface area contributed by atoms with E-state index >= 15 is 0 Å². The van der Waals surface area contributed by atoms with E-state index in [2.05, 4.69) is 4.98 Å². The molecule has 0 saturated carbocycles. The SMILES string of the molecule is CCOC(=O)CN1C(=O)C(C)c2ccccc2-c2c1cc(=O)[nH]c2C. The minimum Gasteiger partial charge on any atom is -0.465 e. The Labute approximate surface area is 145 Å². The van der Waals surface area contributed by atoms with Crippen LogP contribution in [0.4, 0.5) is 5.69 Å². The second-order valence-electron chi connectivity index (χ2n) is 6.06. The number of hydrogen-bond donors (Lipinski definition) is 1. The molecule has 2 aromatic rings. The van der Waals surface area contributed by atoms with E-state index in [4.69, 9.17) is 4.74 Å². The van der Waals surface area contributed by atoms with Gasteiger partial charge < -0.3 is 9.72 Å². The number of aromatic amines is 1. The van der Waals surface area contributed by atoms with Gasteiger partial charge in [0.15, 0.2) is 0 Å². The highest BCUT2D eigenvalue weighted by molar-refractivity contribution is 6.07. The van der Waals surface area contributed by atoms with Gasteiger partial charge in [-0.3, -0.25) is 19.3 Å². The van der Waals surface area contributed by atoms with Gasteiger partial charge in [-0.25, -0.2) is 0 Å². The number of rotatable bonds is 3. The first-order valence-corrected chi connectivity index (χ1v) is 8.24.